The molecule has 0 rings (SSSR count). The lowest BCUT2D eigenvalue weighted by Gasteiger charge is -2.10. The summed E-state index contributed by atoms with van der Waals surface area (Å²) in [4.78, 5) is 2.08. The molecule has 0 aromatic rings. The van der Waals surface area contributed by atoms with Crippen LogP contribution in [0.15, 0.2) is 0 Å². The summed E-state index contributed by atoms with van der Waals surface area (Å²) in [6, 6.07) is 0. The Labute approximate surface area is 217 Å². The van der Waals surface area contributed by atoms with Crippen molar-refractivity contribution in [1.29, 1.82) is 0 Å². The van der Waals surface area contributed by atoms with E-state index in [9.17, 15) is 0 Å². The number of hydrogen-bond acceptors (Lipinski definition) is 12. The highest BCUT2D eigenvalue weighted by Gasteiger charge is 1.96. The monoisotopic (exact) mass is 528 g/mol. The van der Waals surface area contributed by atoms with Gasteiger partial charge in [-0.25, -0.2) is 0 Å². The van der Waals surface area contributed by atoms with Gasteiger partial charge in [0.05, 0.1) is 132 Å². The first kappa shape index (κ1) is 35.5. The van der Waals surface area contributed by atoms with Crippen molar-refractivity contribution in [3.05, 3.63) is 0 Å². The van der Waals surface area contributed by atoms with Gasteiger partial charge in [0.1, 0.15) is 0 Å². The van der Waals surface area contributed by atoms with Gasteiger partial charge in [0.2, 0.25) is 0 Å². The lowest BCUT2D eigenvalue weighted by molar-refractivity contribution is -0.0264. The SMILES string of the molecule is CN(C)CCOCCOCCOCCOCCOCCOCCOCCOCCOCCOCCN. The second kappa shape index (κ2) is 32.5. The van der Waals surface area contributed by atoms with Crippen LogP contribution in [0.25, 0.3) is 0 Å². The van der Waals surface area contributed by atoms with E-state index < -0.39 is 0 Å². The highest BCUT2D eigenvalue weighted by atomic mass is 16.6. The molecule has 0 spiro atoms. The molecule has 0 aromatic heterocycles. The maximum atomic E-state index is 5.45. The largest absolute Gasteiger partial charge is 0.378 e. The summed E-state index contributed by atoms with van der Waals surface area (Å²) in [5, 5.41) is 0. The lowest BCUT2D eigenvalue weighted by Crippen LogP contribution is -2.19. The maximum Gasteiger partial charge on any atom is 0.0701 e. The van der Waals surface area contributed by atoms with Crippen molar-refractivity contribution in [2.24, 2.45) is 5.73 Å². The first-order chi connectivity index (χ1) is 17.8. The predicted octanol–water partition coefficient (Wildman–Crippen LogP) is -0.327. The fourth-order valence-electron chi connectivity index (χ4n) is 2.41. The van der Waals surface area contributed by atoms with E-state index in [1.54, 1.807) is 0 Å². The van der Waals surface area contributed by atoms with Gasteiger partial charge in [-0.15, -0.1) is 0 Å². The molecule has 0 saturated heterocycles. The summed E-state index contributed by atoms with van der Waals surface area (Å²) in [6.45, 7) is 12.5. The van der Waals surface area contributed by atoms with Gasteiger partial charge in [0, 0.05) is 13.1 Å². The summed E-state index contributed by atoms with van der Waals surface area (Å²) >= 11 is 0. The molecule has 218 valence electrons. The van der Waals surface area contributed by atoms with Crippen LogP contribution < -0.4 is 5.73 Å². The summed E-state index contributed by atoms with van der Waals surface area (Å²) in [7, 11) is 4.04. The average molecular weight is 529 g/mol. The minimum absolute atomic E-state index is 0.524. The average Bonchev–Trinajstić information content (AvgIpc) is 2.87. The Bertz CT molecular complexity index is 398. The Balaban J connectivity index is 3.01. The van der Waals surface area contributed by atoms with E-state index in [0.29, 0.717) is 132 Å². The lowest BCUT2D eigenvalue weighted by atomic mass is 10.6. The van der Waals surface area contributed by atoms with Crippen LogP contribution in [0.4, 0.5) is 0 Å². The van der Waals surface area contributed by atoms with Gasteiger partial charge in [-0.05, 0) is 14.1 Å². The van der Waals surface area contributed by atoms with Crippen LogP contribution in [0.5, 0.6) is 0 Å². The molecule has 0 heterocycles. The topological polar surface area (TPSA) is 122 Å². The highest BCUT2D eigenvalue weighted by molar-refractivity contribution is 4.41. The molecule has 0 aliphatic rings. The molecule has 0 unspecified atom stereocenters. The molecule has 0 bridgehead atoms. The van der Waals surface area contributed by atoms with Crippen LogP contribution in [0.2, 0.25) is 0 Å². The van der Waals surface area contributed by atoms with Crippen molar-refractivity contribution in [3.8, 4) is 0 Å². The number of ether oxygens (including phenoxy) is 10. The number of rotatable bonds is 32. The van der Waals surface area contributed by atoms with Crippen LogP contribution in [0.3, 0.4) is 0 Å². The van der Waals surface area contributed by atoms with Gasteiger partial charge in [0.15, 0.2) is 0 Å². The van der Waals surface area contributed by atoms with Crippen LogP contribution in [-0.4, -0.2) is 164 Å². The Hall–Kier alpha value is -0.480. The van der Waals surface area contributed by atoms with E-state index in [4.69, 9.17) is 53.1 Å². The molecule has 0 fully saturated rings. The zero-order valence-electron chi connectivity index (χ0n) is 22.7. The normalized spacial score (nSPS) is 11.7. The van der Waals surface area contributed by atoms with Crippen LogP contribution in [0.1, 0.15) is 0 Å². The van der Waals surface area contributed by atoms with E-state index in [2.05, 4.69) is 4.90 Å². The minimum Gasteiger partial charge on any atom is -0.378 e. The first-order valence-electron chi connectivity index (χ1n) is 12.9. The number of hydrogen-bond donors (Lipinski definition) is 1. The van der Waals surface area contributed by atoms with E-state index in [0.717, 1.165) is 13.2 Å². The number of nitrogens with zero attached hydrogens (tertiary/aromatic N) is 1. The van der Waals surface area contributed by atoms with Gasteiger partial charge in [0.25, 0.3) is 0 Å². The predicted molar refractivity (Wildman–Crippen MR) is 136 cm³/mol. The van der Waals surface area contributed by atoms with Crippen LogP contribution >= 0.6 is 0 Å². The zero-order chi connectivity index (χ0) is 26.2. The summed E-state index contributed by atoms with van der Waals surface area (Å²) < 4.78 is 54.1. The van der Waals surface area contributed by atoms with E-state index in [1.165, 1.54) is 0 Å². The number of likely N-dealkylation sites (N-methyl/N-ethyl adjacent to an activating group) is 1. The highest BCUT2D eigenvalue weighted by Crippen LogP contribution is 1.86. The van der Waals surface area contributed by atoms with Gasteiger partial charge >= 0.3 is 0 Å². The molecule has 0 aromatic carbocycles. The summed E-state index contributed by atoms with van der Waals surface area (Å²) in [6.07, 6.45) is 0. The van der Waals surface area contributed by atoms with Crippen molar-refractivity contribution in [2.75, 3.05) is 159 Å². The van der Waals surface area contributed by atoms with Crippen molar-refractivity contribution >= 4 is 0 Å². The van der Waals surface area contributed by atoms with Crippen molar-refractivity contribution in [1.82, 2.24) is 4.90 Å². The molecular formula is C24H52N2O10. The molecule has 0 amide bonds. The van der Waals surface area contributed by atoms with Crippen LogP contribution in [0, 0.1) is 0 Å². The minimum atomic E-state index is 0.524. The van der Waals surface area contributed by atoms with Crippen LogP contribution in [-0.2, 0) is 47.4 Å². The molecule has 0 atom stereocenters. The Kier molecular flexibility index (Phi) is 32.1. The summed E-state index contributed by atoms with van der Waals surface area (Å²) in [5.41, 5.74) is 5.32. The van der Waals surface area contributed by atoms with Gasteiger partial charge < -0.3 is 58.0 Å². The first-order valence-corrected chi connectivity index (χ1v) is 12.9. The van der Waals surface area contributed by atoms with Crippen molar-refractivity contribution in [3.63, 3.8) is 0 Å². The number of nitrogens with two attached hydrogens (primary N) is 1. The summed E-state index contributed by atoms with van der Waals surface area (Å²) in [5.74, 6) is 0. The molecule has 36 heavy (non-hydrogen) atoms. The zero-order valence-corrected chi connectivity index (χ0v) is 22.7. The maximum absolute atomic E-state index is 5.45. The smallest absolute Gasteiger partial charge is 0.0701 e. The van der Waals surface area contributed by atoms with Gasteiger partial charge in [-0.2, -0.15) is 0 Å². The third kappa shape index (κ3) is 33.5. The Morgan fingerprint density at radius 1 is 0.333 bits per heavy atom. The van der Waals surface area contributed by atoms with Gasteiger partial charge in [-0.3, -0.25) is 0 Å². The third-order valence-electron chi connectivity index (χ3n) is 4.29. The fourth-order valence-corrected chi connectivity index (χ4v) is 2.41. The third-order valence-corrected chi connectivity index (χ3v) is 4.29. The Morgan fingerprint density at radius 2 is 0.528 bits per heavy atom. The fraction of sp³-hybridized carbons (Fsp3) is 1.00. The van der Waals surface area contributed by atoms with E-state index >= 15 is 0 Å². The quantitative estimate of drug-likeness (QED) is 0.115. The molecule has 0 aliphatic carbocycles. The molecule has 2 N–H and O–H groups in total. The van der Waals surface area contributed by atoms with Crippen molar-refractivity contribution in [2.45, 2.75) is 0 Å². The van der Waals surface area contributed by atoms with E-state index in [-0.39, 0.29) is 0 Å². The van der Waals surface area contributed by atoms with Crippen molar-refractivity contribution < 1.29 is 47.4 Å². The standard InChI is InChI=1S/C24H52N2O10/c1-26(2)4-6-28-8-10-30-12-14-32-16-18-34-20-22-36-24-23-35-21-19-33-17-15-31-13-11-29-9-7-27-5-3-25/h3-25H2,1-2H3. The molecule has 12 nitrogen and oxygen atoms in total. The van der Waals surface area contributed by atoms with E-state index in [1.807, 2.05) is 14.1 Å². The molecule has 12 heteroatoms. The second-order valence-electron chi connectivity index (χ2n) is 7.72. The molecule has 0 radical (unpaired) electrons. The molecule has 0 saturated carbocycles. The Morgan fingerprint density at radius 3 is 0.722 bits per heavy atom. The molecular weight excluding hydrogens is 476 g/mol. The van der Waals surface area contributed by atoms with Gasteiger partial charge in [-0.1, -0.05) is 0 Å². The second-order valence-corrected chi connectivity index (χ2v) is 7.72. The molecule has 0 aliphatic heterocycles.